The van der Waals surface area contributed by atoms with Crippen LogP contribution in [0.4, 0.5) is 4.79 Å². The smallest absolute Gasteiger partial charge is 0.317 e. The van der Waals surface area contributed by atoms with Gasteiger partial charge in [-0.1, -0.05) is 13.3 Å². The first-order chi connectivity index (χ1) is 12.0. The van der Waals surface area contributed by atoms with Gasteiger partial charge in [0.25, 0.3) is 0 Å². The molecule has 25 heavy (non-hydrogen) atoms. The van der Waals surface area contributed by atoms with Gasteiger partial charge in [-0.2, -0.15) is 5.10 Å². The third-order valence-electron chi connectivity index (χ3n) is 6.13. The lowest BCUT2D eigenvalue weighted by atomic mass is 9.81. The number of hydrogen-bond donors (Lipinski definition) is 2. The maximum absolute atomic E-state index is 12.7. The SMILES string of the molecule is CCc1nc2n(n1)CC(NC(=O)N1C[C@@H]3CCC[C@@]3(C(=O)O)C1)CC2. The van der Waals surface area contributed by atoms with Crippen molar-refractivity contribution in [3.8, 4) is 0 Å². The van der Waals surface area contributed by atoms with Crippen LogP contribution in [-0.2, 0) is 24.2 Å². The average Bonchev–Trinajstić information content (AvgIpc) is 3.25. The van der Waals surface area contributed by atoms with E-state index in [1.54, 1.807) is 4.90 Å². The van der Waals surface area contributed by atoms with Crippen molar-refractivity contribution >= 4 is 12.0 Å². The van der Waals surface area contributed by atoms with Crippen LogP contribution in [0.5, 0.6) is 0 Å². The fourth-order valence-corrected chi connectivity index (χ4v) is 4.69. The van der Waals surface area contributed by atoms with Crippen LogP contribution in [0, 0.1) is 11.3 Å². The van der Waals surface area contributed by atoms with E-state index in [1.807, 2.05) is 11.6 Å². The van der Waals surface area contributed by atoms with Crippen LogP contribution in [0.3, 0.4) is 0 Å². The van der Waals surface area contributed by atoms with E-state index in [1.165, 1.54) is 0 Å². The van der Waals surface area contributed by atoms with Gasteiger partial charge in [0.05, 0.1) is 18.0 Å². The number of nitrogens with zero attached hydrogens (tertiary/aromatic N) is 4. The highest BCUT2D eigenvalue weighted by atomic mass is 16.4. The van der Waals surface area contributed by atoms with Gasteiger partial charge in [-0.15, -0.1) is 0 Å². The number of carbonyl (C=O) groups excluding carboxylic acids is 1. The second-order valence-electron chi connectivity index (χ2n) is 7.60. The van der Waals surface area contributed by atoms with Crippen molar-refractivity contribution in [2.75, 3.05) is 13.1 Å². The number of carboxylic acids is 1. The van der Waals surface area contributed by atoms with Crippen LogP contribution in [0.15, 0.2) is 0 Å². The zero-order chi connectivity index (χ0) is 17.6. The van der Waals surface area contributed by atoms with Crippen molar-refractivity contribution < 1.29 is 14.7 Å². The Balaban J connectivity index is 1.39. The van der Waals surface area contributed by atoms with Gasteiger partial charge in [-0.25, -0.2) is 14.5 Å². The van der Waals surface area contributed by atoms with Gasteiger partial charge >= 0.3 is 12.0 Å². The fourth-order valence-electron chi connectivity index (χ4n) is 4.69. The Morgan fingerprint density at radius 3 is 2.92 bits per heavy atom. The largest absolute Gasteiger partial charge is 0.481 e. The summed E-state index contributed by atoms with van der Waals surface area (Å²) in [6.07, 6.45) is 4.99. The molecule has 2 N–H and O–H groups in total. The number of amides is 2. The molecule has 2 fully saturated rings. The Morgan fingerprint density at radius 2 is 2.20 bits per heavy atom. The van der Waals surface area contributed by atoms with Crippen LogP contribution in [0.2, 0.25) is 0 Å². The first kappa shape index (κ1) is 16.4. The summed E-state index contributed by atoms with van der Waals surface area (Å²) in [4.78, 5) is 30.6. The Labute approximate surface area is 146 Å². The summed E-state index contributed by atoms with van der Waals surface area (Å²) in [6.45, 7) is 3.55. The molecule has 2 amide bonds. The van der Waals surface area contributed by atoms with E-state index in [-0.39, 0.29) is 18.0 Å². The Bertz CT molecular complexity index is 702. The summed E-state index contributed by atoms with van der Waals surface area (Å²) in [5.41, 5.74) is -0.723. The van der Waals surface area contributed by atoms with Crippen LogP contribution < -0.4 is 5.32 Å². The van der Waals surface area contributed by atoms with Gasteiger partial charge in [-0.05, 0) is 25.2 Å². The molecule has 8 heteroatoms. The molecule has 1 saturated carbocycles. The molecule has 136 valence electrons. The molecule has 1 aromatic rings. The highest BCUT2D eigenvalue weighted by Gasteiger charge is 2.55. The second kappa shape index (κ2) is 6.00. The van der Waals surface area contributed by atoms with Crippen molar-refractivity contribution in [1.29, 1.82) is 0 Å². The molecule has 3 aliphatic rings. The van der Waals surface area contributed by atoms with E-state index >= 15 is 0 Å². The van der Waals surface area contributed by atoms with Crippen molar-refractivity contribution in [2.45, 2.75) is 58.0 Å². The number of nitrogens with one attached hydrogen (secondary N) is 1. The van der Waals surface area contributed by atoms with Gasteiger partial charge in [0.1, 0.15) is 5.82 Å². The molecule has 1 aliphatic carbocycles. The lowest BCUT2D eigenvalue weighted by molar-refractivity contribution is -0.149. The molecule has 1 saturated heterocycles. The number of likely N-dealkylation sites (tertiary alicyclic amines) is 1. The fraction of sp³-hybridized carbons (Fsp3) is 0.765. The minimum absolute atomic E-state index is 0.0209. The quantitative estimate of drug-likeness (QED) is 0.851. The van der Waals surface area contributed by atoms with E-state index in [0.717, 1.165) is 43.8 Å². The average molecular weight is 347 g/mol. The highest BCUT2D eigenvalue weighted by molar-refractivity contribution is 5.80. The molecule has 3 heterocycles. The predicted octanol–water partition coefficient (Wildman–Crippen LogP) is 1.05. The van der Waals surface area contributed by atoms with Gasteiger partial charge in [-0.3, -0.25) is 4.79 Å². The molecule has 0 radical (unpaired) electrons. The van der Waals surface area contributed by atoms with Crippen molar-refractivity contribution in [3.63, 3.8) is 0 Å². The van der Waals surface area contributed by atoms with Crippen LogP contribution in [0.1, 0.15) is 44.3 Å². The van der Waals surface area contributed by atoms with Gasteiger partial charge in [0, 0.05) is 25.9 Å². The lowest BCUT2D eigenvalue weighted by Crippen LogP contribution is -2.48. The molecule has 0 spiro atoms. The van der Waals surface area contributed by atoms with Crippen LogP contribution in [0.25, 0.3) is 0 Å². The molecule has 3 atom stereocenters. The van der Waals surface area contributed by atoms with E-state index < -0.39 is 11.4 Å². The maximum atomic E-state index is 12.7. The second-order valence-corrected chi connectivity index (χ2v) is 7.60. The third kappa shape index (κ3) is 2.67. The van der Waals surface area contributed by atoms with Crippen LogP contribution >= 0.6 is 0 Å². The molecule has 0 bridgehead atoms. The molecule has 2 aliphatic heterocycles. The predicted molar refractivity (Wildman–Crippen MR) is 89.0 cm³/mol. The number of fused-ring (bicyclic) bond motifs is 2. The molecule has 4 rings (SSSR count). The zero-order valence-corrected chi connectivity index (χ0v) is 14.6. The van der Waals surface area contributed by atoms with E-state index in [2.05, 4.69) is 15.4 Å². The first-order valence-electron chi connectivity index (χ1n) is 9.23. The summed E-state index contributed by atoms with van der Waals surface area (Å²) < 4.78 is 1.89. The molecule has 1 aromatic heterocycles. The van der Waals surface area contributed by atoms with Crippen molar-refractivity contribution in [1.82, 2.24) is 25.0 Å². The number of aliphatic carboxylic acids is 1. The maximum Gasteiger partial charge on any atom is 0.317 e. The monoisotopic (exact) mass is 347 g/mol. The molecular formula is C17H25N5O3. The summed E-state index contributed by atoms with van der Waals surface area (Å²) in [5.74, 6) is 1.18. The number of aryl methyl sites for hydroxylation is 2. The number of rotatable bonds is 3. The number of urea groups is 1. The topological polar surface area (TPSA) is 100 Å². The highest BCUT2D eigenvalue weighted by Crippen LogP contribution is 2.48. The van der Waals surface area contributed by atoms with E-state index in [9.17, 15) is 14.7 Å². The minimum atomic E-state index is -0.748. The normalized spacial score (nSPS) is 30.8. The first-order valence-corrected chi connectivity index (χ1v) is 9.23. The van der Waals surface area contributed by atoms with Crippen molar-refractivity contribution in [3.05, 3.63) is 11.6 Å². The molecular weight excluding hydrogens is 322 g/mol. The number of carbonyl (C=O) groups is 2. The Morgan fingerprint density at radius 1 is 1.36 bits per heavy atom. The van der Waals surface area contributed by atoms with Gasteiger partial charge < -0.3 is 15.3 Å². The Hall–Kier alpha value is -2.12. The lowest BCUT2D eigenvalue weighted by Gasteiger charge is -2.27. The summed E-state index contributed by atoms with van der Waals surface area (Å²) >= 11 is 0. The van der Waals surface area contributed by atoms with Crippen LogP contribution in [-0.4, -0.2) is 55.9 Å². The third-order valence-corrected chi connectivity index (χ3v) is 6.13. The van der Waals surface area contributed by atoms with E-state index in [0.29, 0.717) is 26.1 Å². The summed E-state index contributed by atoms with van der Waals surface area (Å²) in [7, 11) is 0. The number of aromatic nitrogens is 3. The van der Waals surface area contributed by atoms with Crippen molar-refractivity contribution in [2.24, 2.45) is 11.3 Å². The molecule has 0 aromatic carbocycles. The molecule has 8 nitrogen and oxygen atoms in total. The Kier molecular flexibility index (Phi) is 3.92. The summed E-state index contributed by atoms with van der Waals surface area (Å²) in [6, 6.07) is -0.119. The summed E-state index contributed by atoms with van der Waals surface area (Å²) in [5, 5.41) is 17.2. The van der Waals surface area contributed by atoms with Gasteiger partial charge in [0.15, 0.2) is 5.82 Å². The number of carboxylic acid groups (broad SMARTS) is 1. The molecule has 1 unspecified atom stereocenters. The zero-order valence-electron chi connectivity index (χ0n) is 14.6. The van der Waals surface area contributed by atoms with E-state index in [4.69, 9.17) is 0 Å². The minimum Gasteiger partial charge on any atom is -0.481 e. The number of hydrogen-bond acceptors (Lipinski definition) is 4. The van der Waals surface area contributed by atoms with Gasteiger partial charge in [0.2, 0.25) is 0 Å². The standard InChI is InChI=1S/C17H25N5O3/c1-2-13-19-14-6-5-12(9-22(14)20-13)18-16(25)21-8-11-4-3-7-17(11,10-21)15(23)24/h11-12H,2-10H2,1H3,(H,18,25)(H,23,24)/t11-,12?,17+/m0/s1.